The van der Waals surface area contributed by atoms with Crippen LogP contribution in [0.5, 0.6) is 0 Å². The van der Waals surface area contributed by atoms with Crippen molar-refractivity contribution in [3.05, 3.63) is 0 Å². The van der Waals surface area contributed by atoms with E-state index < -0.39 is 0 Å². The van der Waals surface area contributed by atoms with Crippen LogP contribution in [0.4, 0.5) is 0 Å². The lowest BCUT2D eigenvalue weighted by Gasteiger charge is -2.34. The van der Waals surface area contributed by atoms with E-state index in [-0.39, 0.29) is 0 Å². The van der Waals surface area contributed by atoms with Gasteiger partial charge in [0.25, 0.3) is 0 Å². The van der Waals surface area contributed by atoms with Gasteiger partial charge in [-0.2, -0.15) is 0 Å². The zero-order chi connectivity index (χ0) is 6.97. The molecule has 10 heavy (non-hydrogen) atoms. The molecule has 0 bridgehead atoms. The Balaban J connectivity index is 2.03. The second-order valence-electron chi connectivity index (χ2n) is 3.39. The lowest BCUT2D eigenvalue weighted by Crippen LogP contribution is -2.45. The van der Waals surface area contributed by atoms with Gasteiger partial charge in [0.2, 0.25) is 0 Å². The summed E-state index contributed by atoms with van der Waals surface area (Å²) in [4.78, 5) is 2.45. The number of hydrogen-bond donors (Lipinski definition) is 0. The molecule has 2 aliphatic rings. The maximum Gasteiger partial charge on any atom is 0.0730 e. The Morgan fingerprint density at radius 1 is 1.40 bits per heavy atom. The number of hydrogen-bond acceptors (Lipinski definition) is 2. The Hall–Kier alpha value is -0.0800. The quantitative estimate of drug-likeness (QED) is 0.496. The summed E-state index contributed by atoms with van der Waals surface area (Å²) >= 11 is 0. The molecule has 1 saturated carbocycles. The molecule has 0 spiro atoms. The number of rotatable bonds is 0. The molecular weight excluding hydrogens is 126 g/mol. The summed E-state index contributed by atoms with van der Waals surface area (Å²) in [6.45, 7) is 2.07. The lowest BCUT2D eigenvalue weighted by atomic mass is 10.1. The van der Waals surface area contributed by atoms with Crippen LogP contribution in [-0.4, -0.2) is 37.2 Å². The highest BCUT2D eigenvalue weighted by Crippen LogP contribution is 2.28. The summed E-state index contributed by atoms with van der Waals surface area (Å²) in [5.74, 6) is 0. The molecule has 2 rings (SSSR count). The van der Waals surface area contributed by atoms with Crippen molar-refractivity contribution in [3.8, 4) is 0 Å². The van der Waals surface area contributed by atoms with Crippen LogP contribution in [0.2, 0.25) is 0 Å². The van der Waals surface area contributed by atoms with Gasteiger partial charge in [-0.15, -0.1) is 0 Å². The van der Waals surface area contributed by atoms with Crippen LogP contribution >= 0.6 is 0 Å². The number of likely N-dealkylation sites (N-methyl/N-ethyl adjacent to an activating group) is 1. The molecule has 0 aromatic carbocycles. The van der Waals surface area contributed by atoms with Crippen molar-refractivity contribution in [2.75, 3.05) is 20.2 Å². The Labute approximate surface area is 62.2 Å². The molecule has 0 unspecified atom stereocenters. The minimum atomic E-state index is 0.568. The molecule has 2 fully saturated rings. The maximum absolute atomic E-state index is 5.63. The van der Waals surface area contributed by atoms with Crippen molar-refractivity contribution >= 4 is 0 Å². The highest BCUT2D eigenvalue weighted by molar-refractivity contribution is 4.87. The predicted molar refractivity (Wildman–Crippen MR) is 40.0 cm³/mol. The van der Waals surface area contributed by atoms with Gasteiger partial charge in [0.05, 0.1) is 12.7 Å². The summed E-state index contributed by atoms with van der Waals surface area (Å²) in [7, 11) is 2.21. The molecule has 0 aromatic heterocycles. The van der Waals surface area contributed by atoms with Crippen LogP contribution in [0.3, 0.4) is 0 Å². The van der Waals surface area contributed by atoms with E-state index in [1.54, 1.807) is 0 Å². The van der Waals surface area contributed by atoms with Gasteiger partial charge in [-0.1, -0.05) is 0 Å². The molecule has 1 heterocycles. The monoisotopic (exact) mass is 141 g/mol. The van der Waals surface area contributed by atoms with Crippen molar-refractivity contribution < 1.29 is 4.74 Å². The predicted octanol–water partition coefficient (Wildman–Crippen LogP) is 0.869. The molecule has 2 nitrogen and oxygen atoms in total. The summed E-state index contributed by atoms with van der Waals surface area (Å²) < 4.78 is 5.63. The molecule has 2 atom stereocenters. The molecule has 1 aliphatic heterocycles. The van der Waals surface area contributed by atoms with E-state index in [1.165, 1.54) is 19.3 Å². The van der Waals surface area contributed by atoms with Gasteiger partial charge in [0.15, 0.2) is 0 Å². The first kappa shape index (κ1) is 6.62. The summed E-state index contributed by atoms with van der Waals surface area (Å²) in [5.41, 5.74) is 0. The van der Waals surface area contributed by atoms with Crippen LogP contribution in [0, 0.1) is 0 Å². The second-order valence-corrected chi connectivity index (χ2v) is 3.39. The topological polar surface area (TPSA) is 12.5 Å². The first-order chi connectivity index (χ1) is 4.88. The maximum atomic E-state index is 5.63. The molecule has 58 valence electrons. The number of fused-ring (bicyclic) bond motifs is 1. The highest BCUT2D eigenvalue weighted by Gasteiger charge is 2.33. The fourth-order valence-electron chi connectivity index (χ4n) is 2.12. The summed E-state index contributed by atoms with van der Waals surface area (Å²) in [6, 6.07) is 0.744. The van der Waals surface area contributed by atoms with Gasteiger partial charge < -0.3 is 4.74 Å². The molecule has 0 amide bonds. The zero-order valence-corrected chi connectivity index (χ0v) is 6.55. The van der Waals surface area contributed by atoms with Gasteiger partial charge in [0.1, 0.15) is 0 Å². The van der Waals surface area contributed by atoms with E-state index in [1.807, 2.05) is 0 Å². The van der Waals surface area contributed by atoms with E-state index in [9.17, 15) is 0 Å². The van der Waals surface area contributed by atoms with E-state index >= 15 is 0 Å². The molecule has 2 heteroatoms. The molecular formula is C8H15NO. The SMILES string of the molecule is CN1CCO[C@H]2CCC[C@@H]21. The Kier molecular flexibility index (Phi) is 1.66. The first-order valence-electron chi connectivity index (χ1n) is 4.20. The van der Waals surface area contributed by atoms with Gasteiger partial charge in [-0.05, 0) is 26.3 Å². The summed E-state index contributed by atoms with van der Waals surface area (Å²) in [5, 5.41) is 0. The fraction of sp³-hybridized carbons (Fsp3) is 1.00. The van der Waals surface area contributed by atoms with Crippen molar-refractivity contribution in [2.24, 2.45) is 0 Å². The smallest absolute Gasteiger partial charge is 0.0730 e. The third kappa shape index (κ3) is 0.956. The molecule has 1 saturated heterocycles. The number of ether oxygens (including phenoxy) is 1. The normalized spacial score (nSPS) is 41.7. The third-order valence-corrected chi connectivity index (χ3v) is 2.76. The first-order valence-corrected chi connectivity index (χ1v) is 4.20. The van der Waals surface area contributed by atoms with Crippen molar-refractivity contribution in [1.29, 1.82) is 0 Å². The van der Waals surface area contributed by atoms with Crippen LogP contribution in [0.15, 0.2) is 0 Å². The van der Waals surface area contributed by atoms with Crippen molar-refractivity contribution in [3.63, 3.8) is 0 Å². The van der Waals surface area contributed by atoms with Crippen molar-refractivity contribution in [2.45, 2.75) is 31.4 Å². The van der Waals surface area contributed by atoms with Crippen LogP contribution in [0.25, 0.3) is 0 Å². The fourth-order valence-corrected chi connectivity index (χ4v) is 2.12. The van der Waals surface area contributed by atoms with Crippen molar-refractivity contribution in [1.82, 2.24) is 4.90 Å². The average molecular weight is 141 g/mol. The zero-order valence-electron chi connectivity index (χ0n) is 6.55. The van der Waals surface area contributed by atoms with E-state index in [0.717, 1.165) is 19.2 Å². The highest BCUT2D eigenvalue weighted by atomic mass is 16.5. The minimum absolute atomic E-state index is 0.568. The Morgan fingerprint density at radius 2 is 2.30 bits per heavy atom. The Morgan fingerprint density at radius 3 is 3.10 bits per heavy atom. The molecule has 0 radical (unpaired) electrons. The third-order valence-electron chi connectivity index (χ3n) is 2.76. The Bertz CT molecular complexity index is 126. The van der Waals surface area contributed by atoms with E-state index in [0.29, 0.717) is 6.10 Å². The number of nitrogens with zero attached hydrogens (tertiary/aromatic N) is 1. The average Bonchev–Trinajstić information content (AvgIpc) is 2.36. The second kappa shape index (κ2) is 2.51. The van der Waals surface area contributed by atoms with Crippen LogP contribution in [0.1, 0.15) is 19.3 Å². The lowest BCUT2D eigenvalue weighted by molar-refractivity contribution is -0.0453. The molecule has 0 aromatic rings. The van der Waals surface area contributed by atoms with Crippen LogP contribution in [-0.2, 0) is 4.74 Å². The standard InChI is InChI=1S/C8H15NO/c1-9-5-6-10-8-4-2-3-7(8)9/h7-8H,2-6H2,1H3/t7-,8-/m0/s1. The minimum Gasteiger partial charge on any atom is -0.375 e. The largest absolute Gasteiger partial charge is 0.375 e. The molecule has 1 aliphatic carbocycles. The van der Waals surface area contributed by atoms with Gasteiger partial charge >= 0.3 is 0 Å². The van der Waals surface area contributed by atoms with Gasteiger partial charge in [0, 0.05) is 12.6 Å². The van der Waals surface area contributed by atoms with Gasteiger partial charge in [-0.25, -0.2) is 0 Å². The van der Waals surface area contributed by atoms with E-state index in [4.69, 9.17) is 4.74 Å². The van der Waals surface area contributed by atoms with Gasteiger partial charge in [-0.3, -0.25) is 4.90 Å². The number of morpholine rings is 1. The summed E-state index contributed by atoms with van der Waals surface area (Å²) in [6.07, 6.45) is 4.56. The van der Waals surface area contributed by atoms with E-state index in [2.05, 4.69) is 11.9 Å². The van der Waals surface area contributed by atoms with Crippen LogP contribution < -0.4 is 0 Å². The molecule has 0 N–H and O–H groups in total.